The van der Waals surface area contributed by atoms with E-state index in [0.717, 1.165) is 27.8 Å². The number of benzene rings is 3. The van der Waals surface area contributed by atoms with Crippen molar-refractivity contribution in [2.75, 3.05) is 11.9 Å². The Bertz CT molecular complexity index is 1200. The van der Waals surface area contributed by atoms with Crippen molar-refractivity contribution in [3.05, 3.63) is 88.3 Å². The second kappa shape index (κ2) is 8.59. The van der Waals surface area contributed by atoms with Crippen molar-refractivity contribution in [3.8, 4) is 5.75 Å². The number of carbonyl (C=O) groups is 1. The van der Waals surface area contributed by atoms with Gasteiger partial charge in [-0.25, -0.2) is 4.98 Å². The van der Waals surface area contributed by atoms with Gasteiger partial charge in [0.25, 0.3) is 5.91 Å². The SMILES string of the molecule is Cc1ccc2oc(Cc3ccc(NC(=O)COc4ccc(Cl)c(C)c4)cc3)nc2c1. The molecule has 0 aliphatic heterocycles. The van der Waals surface area contributed by atoms with Gasteiger partial charge in [0, 0.05) is 17.1 Å². The summed E-state index contributed by atoms with van der Waals surface area (Å²) in [6.45, 7) is 3.84. The molecule has 1 amide bonds. The first kappa shape index (κ1) is 20.0. The van der Waals surface area contributed by atoms with Gasteiger partial charge >= 0.3 is 0 Å². The van der Waals surface area contributed by atoms with E-state index in [1.807, 2.05) is 56.3 Å². The van der Waals surface area contributed by atoms with Crippen LogP contribution in [0.2, 0.25) is 5.02 Å². The Hall–Kier alpha value is -3.31. The summed E-state index contributed by atoms with van der Waals surface area (Å²) in [4.78, 5) is 16.7. The van der Waals surface area contributed by atoms with Crippen LogP contribution in [0.3, 0.4) is 0 Å². The summed E-state index contributed by atoms with van der Waals surface area (Å²) in [6, 6.07) is 18.8. The predicted molar refractivity (Wildman–Crippen MR) is 118 cm³/mol. The quantitative estimate of drug-likeness (QED) is 0.434. The lowest BCUT2D eigenvalue weighted by Gasteiger charge is -2.09. The number of fused-ring (bicyclic) bond motifs is 1. The van der Waals surface area contributed by atoms with Crippen LogP contribution in [0.4, 0.5) is 5.69 Å². The molecular formula is C24H21ClN2O3. The number of halogens is 1. The van der Waals surface area contributed by atoms with Crippen LogP contribution in [0.1, 0.15) is 22.6 Å². The van der Waals surface area contributed by atoms with E-state index >= 15 is 0 Å². The van der Waals surface area contributed by atoms with E-state index in [1.165, 1.54) is 0 Å². The fourth-order valence-corrected chi connectivity index (χ4v) is 3.21. The Morgan fingerprint density at radius 3 is 2.63 bits per heavy atom. The average Bonchev–Trinajstić information content (AvgIpc) is 3.11. The molecule has 0 aliphatic rings. The molecule has 0 bridgehead atoms. The minimum absolute atomic E-state index is 0.0782. The number of rotatable bonds is 6. The molecule has 1 aromatic heterocycles. The molecule has 0 spiro atoms. The Labute approximate surface area is 179 Å². The third-order valence-corrected chi connectivity index (χ3v) is 5.10. The van der Waals surface area contributed by atoms with Crippen LogP contribution in [0.15, 0.2) is 65.1 Å². The molecule has 4 rings (SSSR count). The molecule has 0 saturated carbocycles. The van der Waals surface area contributed by atoms with Gasteiger partial charge in [0.05, 0.1) is 0 Å². The molecule has 0 radical (unpaired) electrons. The molecule has 1 heterocycles. The molecule has 0 atom stereocenters. The third-order valence-electron chi connectivity index (χ3n) is 4.68. The lowest BCUT2D eigenvalue weighted by molar-refractivity contribution is -0.118. The fraction of sp³-hybridized carbons (Fsp3) is 0.167. The standard InChI is InChI=1S/C24H21ClN2O3/c1-15-3-10-22-21(11-15)27-24(30-22)13-17-4-6-18(7-5-17)26-23(28)14-29-19-8-9-20(25)16(2)12-19/h3-12H,13-14H2,1-2H3,(H,26,28). The van der Waals surface area contributed by atoms with Crippen LogP contribution in [0, 0.1) is 13.8 Å². The number of hydrogen-bond donors (Lipinski definition) is 1. The van der Waals surface area contributed by atoms with Crippen molar-refractivity contribution in [1.29, 1.82) is 0 Å². The van der Waals surface area contributed by atoms with E-state index < -0.39 is 0 Å². The Balaban J connectivity index is 1.33. The van der Waals surface area contributed by atoms with Gasteiger partial charge in [-0.15, -0.1) is 0 Å². The van der Waals surface area contributed by atoms with Crippen molar-refractivity contribution in [3.63, 3.8) is 0 Å². The highest BCUT2D eigenvalue weighted by Gasteiger charge is 2.08. The maximum atomic E-state index is 12.2. The van der Waals surface area contributed by atoms with Gasteiger partial charge in [-0.2, -0.15) is 0 Å². The zero-order valence-corrected chi connectivity index (χ0v) is 17.5. The normalized spacial score (nSPS) is 10.9. The zero-order chi connectivity index (χ0) is 21.1. The predicted octanol–water partition coefficient (Wildman–Crippen LogP) is 5.71. The van der Waals surface area contributed by atoms with Crippen LogP contribution in [-0.2, 0) is 11.2 Å². The number of carbonyl (C=O) groups excluding carboxylic acids is 1. The van der Waals surface area contributed by atoms with Crippen molar-refractivity contribution < 1.29 is 13.9 Å². The third kappa shape index (κ3) is 4.81. The Kier molecular flexibility index (Phi) is 5.72. The molecular weight excluding hydrogens is 400 g/mol. The number of anilines is 1. The van der Waals surface area contributed by atoms with Crippen LogP contribution in [0.25, 0.3) is 11.1 Å². The Morgan fingerprint density at radius 1 is 1.07 bits per heavy atom. The van der Waals surface area contributed by atoms with E-state index in [0.29, 0.717) is 28.8 Å². The van der Waals surface area contributed by atoms with Crippen LogP contribution in [0.5, 0.6) is 5.75 Å². The second-order valence-corrected chi connectivity index (χ2v) is 7.61. The van der Waals surface area contributed by atoms with Gasteiger partial charge in [-0.05, 0) is 73.0 Å². The molecule has 6 heteroatoms. The minimum Gasteiger partial charge on any atom is -0.484 e. The number of oxazole rings is 1. The highest BCUT2D eigenvalue weighted by Crippen LogP contribution is 2.22. The second-order valence-electron chi connectivity index (χ2n) is 7.20. The number of nitrogens with zero attached hydrogens (tertiary/aromatic N) is 1. The van der Waals surface area contributed by atoms with Crippen LogP contribution in [-0.4, -0.2) is 17.5 Å². The average molecular weight is 421 g/mol. The van der Waals surface area contributed by atoms with Gasteiger partial charge in [0.1, 0.15) is 11.3 Å². The first-order valence-corrected chi connectivity index (χ1v) is 9.98. The van der Waals surface area contributed by atoms with Gasteiger partial charge < -0.3 is 14.5 Å². The number of nitrogens with one attached hydrogen (secondary N) is 1. The number of aromatic nitrogens is 1. The highest BCUT2D eigenvalue weighted by molar-refractivity contribution is 6.31. The fourth-order valence-electron chi connectivity index (χ4n) is 3.09. The topological polar surface area (TPSA) is 64.4 Å². The molecule has 152 valence electrons. The summed E-state index contributed by atoms with van der Waals surface area (Å²) in [5, 5.41) is 3.49. The molecule has 0 aliphatic carbocycles. The van der Waals surface area contributed by atoms with Gasteiger partial charge in [0.15, 0.2) is 18.1 Å². The number of ether oxygens (including phenoxy) is 1. The first-order valence-electron chi connectivity index (χ1n) is 9.60. The molecule has 1 N–H and O–H groups in total. The van der Waals surface area contributed by atoms with E-state index in [1.54, 1.807) is 18.2 Å². The van der Waals surface area contributed by atoms with E-state index in [-0.39, 0.29) is 12.5 Å². The van der Waals surface area contributed by atoms with Crippen molar-refractivity contribution in [2.24, 2.45) is 0 Å². The van der Waals surface area contributed by atoms with Gasteiger partial charge in [-0.3, -0.25) is 4.79 Å². The van der Waals surface area contributed by atoms with E-state index in [9.17, 15) is 4.79 Å². The summed E-state index contributed by atoms with van der Waals surface area (Å²) in [5.41, 5.74) is 5.45. The van der Waals surface area contributed by atoms with E-state index in [2.05, 4.69) is 10.3 Å². The minimum atomic E-state index is -0.232. The highest BCUT2D eigenvalue weighted by atomic mass is 35.5. The Morgan fingerprint density at radius 2 is 1.87 bits per heavy atom. The molecule has 0 fully saturated rings. The van der Waals surface area contributed by atoms with Gasteiger partial charge in [0.2, 0.25) is 0 Å². The van der Waals surface area contributed by atoms with Crippen LogP contribution >= 0.6 is 11.6 Å². The molecule has 5 nitrogen and oxygen atoms in total. The maximum Gasteiger partial charge on any atom is 0.262 e. The summed E-state index contributed by atoms with van der Waals surface area (Å²) in [5.74, 6) is 1.04. The van der Waals surface area contributed by atoms with E-state index in [4.69, 9.17) is 20.8 Å². The van der Waals surface area contributed by atoms with Crippen molar-refractivity contribution >= 4 is 34.3 Å². The number of hydrogen-bond acceptors (Lipinski definition) is 4. The van der Waals surface area contributed by atoms with Crippen molar-refractivity contribution in [1.82, 2.24) is 4.98 Å². The maximum absolute atomic E-state index is 12.2. The summed E-state index contributed by atoms with van der Waals surface area (Å²) >= 11 is 6.00. The van der Waals surface area contributed by atoms with Gasteiger partial charge in [-0.1, -0.05) is 29.8 Å². The molecule has 3 aromatic carbocycles. The lowest BCUT2D eigenvalue weighted by Crippen LogP contribution is -2.20. The number of aryl methyl sites for hydroxylation is 2. The summed E-state index contributed by atoms with van der Waals surface area (Å²) < 4.78 is 11.3. The monoisotopic (exact) mass is 420 g/mol. The molecule has 4 aromatic rings. The molecule has 0 unspecified atom stereocenters. The van der Waals surface area contributed by atoms with Crippen LogP contribution < -0.4 is 10.1 Å². The lowest BCUT2D eigenvalue weighted by atomic mass is 10.1. The largest absolute Gasteiger partial charge is 0.484 e. The number of amides is 1. The first-order chi connectivity index (χ1) is 14.5. The molecule has 0 saturated heterocycles. The molecule has 30 heavy (non-hydrogen) atoms. The summed E-state index contributed by atoms with van der Waals surface area (Å²) in [6.07, 6.45) is 0.584. The zero-order valence-electron chi connectivity index (χ0n) is 16.7. The smallest absolute Gasteiger partial charge is 0.262 e. The van der Waals surface area contributed by atoms with Crippen molar-refractivity contribution in [2.45, 2.75) is 20.3 Å². The summed E-state index contributed by atoms with van der Waals surface area (Å²) in [7, 11) is 0.